The number of aromatic nitrogens is 1. The molecule has 0 spiro atoms. The van der Waals surface area contributed by atoms with Crippen molar-refractivity contribution in [3.8, 4) is 0 Å². The van der Waals surface area contributed by atoms with Crippen LogP contribution in [0.25, 0.3) is 0 Å². The molecule has 0 N–H and O–H groups in total. The van der Waals surface area contributed by atoms with Crippen LogP contribution in [0.1, 0.15) is 0 Å². The summed E-state index contributed by atoms with van der Waals surface area (Å²) in [5, 5.41) is 0. The van der Waals surface area contributed by atoms with Gasteiger partial charge in [-0.2, -0.15) is 0 Å². The Hall–Kier alpha value is -0.905. The lowest BCUT2D eigenvalue weighted by Gasteiger charge is -2.01. The number of hydrogen-bond donors (Lipinski definition) is 0. The van der Waals surface area contributed by atoms with Crippen LogP contribution in [0.3, 0.4) is 0 Å². The van der Waals surface area contributed by atoms with Crippen LogP contribution in [-0.4, -0.2) is 33.6 Å². The molecule has 0 amide bonds. The van der Waals surface area contributed by atoms with Gasteiger partial charge in [0.15, 0.2) is 0 Å². The van der Waals surface area contributed by atoms with Gasteiger partial charge in [-0.15, -0.1) is 0 Å². The standard InChI is InChI=1S/C5H5N.C3H9BO3/c1-2-4-6-5-3-1;1-5-4(6-2)7-3/h1-5H;1-3H3. The lowest BCUT2D eigenvalue weighted by atomic mass is 10.2. The third kappa shape index (κ3) is 7.46. The van der Waals surface area contributed by atoms with Gasteiger partial charge in [-0.3, -0.25) is 4.98 Å². The van der Waals surface area contributed by atoms with Gasteiger partial charge in [0.05, 0.1) is 0 Å². The van der Waals surface area contributed by atoms with Crippen molar-refractivity contribution in [2.75, 3.05) is 21.3 Å². The van der Waals surface area contributed by atoms with Crippen molar-refractivity contribution in [3.63, 3.8) is 0 Å². The molecule has 1 rings (SSSR count). The Morgan fingerprint density at radius 2 is 1.31 bits per heavy atom. The second kappa shape index (κ2) is 9.19. The fourth-order valence-electron chi connectivity index (χ4n) is 0.601. The van der Waals surface area contributed by atoms with E-state index in [2.05, 4.69) is 18.9 Å². The van der Waals surface area contributed by atoms with Crippen LogP contribution < -0.4 is 0 Å². The second-order valence-electron chi connectivity index (χ2n) is 2.02. The Labute approximate surface area is 79.0 Å². The molecule has 0 bridgehead atoms. The minimum Gasteiger partial charge on any atom is -0.389 e. The molecule has 1 aromatic heterocycles. The predicted molar refractivity (Wildman–Crippen MR) is 51.0 cm³/mol. The molecule has 0 aliphatic carbocycles. The summed E-state index contributed by atoms with van der Waals surface area (Å²) in [6.07, 6.45) is 3.50. The number of nitrogens with zero attached hydrogens (tertiary/aromatic N) is 1. The van der Waals surface area contributed by atoms with Crippen LogP contribution in [0.15, 0.2) is 30.6 Å². The molecule has 0 atom stereocenters. The van der Waals surface area contributed by atoms with Gasteiger partial charge in [0.25, 0.3) is 0 Å². The van der Waals surface area contributed by atoms with E-state index in [1.54, 1.807) is 12.4 Å². The Bertz CT molecular complexity index is 150. The van der Waals surface area contributed by atoms with Gasteiger partial charge in [0.2, 0.25) is 0 Å². The third-order valence-corrected chi connectivity index (χ3v) is 1.14. The zero-order valence-electron chi connectivity index (χ0n) is 8.14. The molecule has 5 heteroatoms. The first-order valence-corrected chi connectivity index (χ1v) is 3.78. The minimum absolute atomic E-state index is 0.514. The van der Waals surface area contributed by atoms with E-state index in [9.17, 15) is 0 Å². The van der Waals surface area contributed by atoms with Gasteiger partial charge in [-0.1, -0.05) is 6.07 Å². The molecular weight excluding hydrogens is 169 g/mol. The lowest BCUT2D eigenvalue weighted by molar-refractivity contribution is 0.163. The van der Waals surface area contributed by atoms with Crippen LogP contribution in [0.5, 0.6) is 0 Å². The highest BCUT2D eigenvalue weighted by atomic mass is 16.7. The highest BCUT2D eigenvalue weighted by Crippen LogP contribution is 1.81. The highest BCUT2D eigenvalue weighted by molar-refractivity contribution is 6.36. The van der Waals surface area contributed by atoms with Gasteiger partial charge < -0.3 is 14.0 Å². The van der Waals surface area contributed by atoms with Crippen LogP contribution in [0.4, 0.5) is 0 Å². The maximum absolute atomic E-state index is 4.60. The van der Waals surface area contributed by atoms with Gasteiger partial charge >= 0.3 is 7.32 Å². The number of pyridine rings is 1. The van der Waals surface area contributed by atoms with Crippen LogP contribution in [0.2, 0.25) is 0 Å². The van der Waals surface area contributed by atoms with E-state index in [4.69, 9.17) is 0 Å². The first-order chi connectivity index (χ1) is 6.35. The van der Waals surface area contributed by atoms with Crippen molar-refractivity contribution in [3.05, 3.63) is 30.6 Å². The monoisotopic (exact) mass is 183 g/mol. The number of hydrogen-bond acceptors (Lipinski definition) is 4. The Kier molecular flexibility index (Phi) is 8.55. The van der Waals surface area contributed by atoms with E-state index in [0.29, 0.717) is 0 Å². The Morgan fingerprint density at radius 3 is 1.38 bits per heavy atom. The van der Waals surface area contributed by atoms with Crippen molar-refractivity contribution in [1.29, 1.82) is 0 Å². The molecule has 0 saturated carbocycles. The average molecular weight is 183 g/mol. The summed E-state index contributed by atoms with van der Waals surface area (Å²) in [5.41, 5.74) is 0. The quantitative estimate of drug-likeness (QED) is 0.655. The van der Waals surface area contributed by atoms with E-state index in [-0.39, 0.29) is 0 Å². The molecule has 0 saturated heterocycles. The van der Waals surface area contributed by atoms with Crippen LogP contribution in [0, 0.1) is 0 Å². The molecule has 13 heavy (non-hydrogen) atoms. The summed E-state index contributed by atoms with van der Waals surface area (Å²) >= 11 is 0. The summed E-state index contributed by atoms with van der Waals surface area (Å²) in [6, 6.07) is 5.72. The van der Waals surface area contributed by atoms with Crippen molar-refractivity contribution in [2.24, 2.45) is 0 Å². The molecule has 0 radical (unpaired) electrons. The summed E-state index contributed by atoms with van der Waals surface area (Å²) < 4.78 is 13.8. The van der Waals surface area contributed by atoms with Gasteiger partial charge in [-0.05, 0) is 12.1 Å². The predicted octanol–water partition coefficient (Wildman–Crippen LogP) is 0.992. The summed E-state index contributed by atoms with van der Waals surface area (Å²) in [5.74, 6) is 0. The molecule has 0 aliphatic heterocycles. The van der Waals surface area contributed by atoms with Gasteiger partial charge in [0, 0.05) is 33.7 Å². The Morgan fingerprint density at radius 1 is 0.846 bits per heavy atom. The van der Waals surface area contributed by atoms with E-state index in [1.165, 1.54) is 21.3 Å². The van der Waals surface area contributed by atoms with Gasteiger partial charge in [-0.25, -0.2) is 0 Å². The number of rotatable bonds is 3. The first-order valence-electron chi connectivity index (χ1n) is 3.78. The maximum Gasteiger partial charge on any atom is 0.638 e. The highest BCUT2D eigenvalue weighted by Gasteiger charge is 2.12. The SMILES string of the molecule is COB(OC)OC.c1ccncc1. The minimum atomic E-state index is -0.514. The first kappa shape index (κ1) is 12.1. The molecule has 0 fully saturated rings. The molecule has 0 aromatic carbocycles. The van der Waals surface area contributed by atoms with Gasteiger partial charge in [0.1, 0.15) is 0 Å². The molecule has 0 unspecified atom stereocenters. The third-order valence-electron chi connectivity index (χ3n) is 1.14. The van der Waals surface area contributed by atoms with Crippen molar-refractivity contribution in [1.82, 2.24) is 4.98 Å². The molecule has 1 heterocycles. The zero-order chi connectivity index (χ0) is 9.94. The average Bonchev–Trinajstić information content (AvgIpc) is 2.24. The van der Waals surface area contributed by atoms with E-state index < -0.39 is 7.32 Å². The molecule has 72 valence electrons. The topological polar surface area (TPSA) is 40.6 Å². The summed E-state index contributed by atoms with van der Waals surface area (Å²) in [7, 11) is 4.02. The maximum atomic E-state index is 4.60. The smallest absolute Gasteiger partial charge is 0.389 e. The molecule has 1 aromatic rings. The Balaban J connectivity index is 0.000000223. The van der Waals surface area contributed by atoms with E-state index >= 15 is 0 Å². The van der Waals surface area contributed by atoms with E-state index in [1.807, 2.05) is 18.2 Å². The van der Waals surface area contributed by atoms with Crippen molar-refractivity contribution in [2.45, 2.75) is 0 Å². The lowest BCUT2D eigenvalue weighted by Crippen LogP contribution is -2.21. The fraction of sp³-hybridized carbons (Fsp3) is 0.375. The fourth-order valence-corrected chi connectivity index (χ4v) is 0.601. The second-order valence-corrected chi connectivity index (χ2v) is 2.02. The van der Waals surface area contributed by atoms with Crippen molar-refractivity contribution < 1.29 is 14.0 Å². The molecule has 0 aliphatic rings. The van der Waals surface area contributed by atoms with E-state index in [0.717, 1.165) is 0 Å². The largest absolute Gasteiger partial charge is 0.638 e. The summed E-state index contributed by atoms with van der Waals surface area (Å²) in [4.78, 5) is 3.78. The van der Waals surface area contributed by atoms with Crippen LogP contribution in [-0.2, 0) is 14.0 Å². The molecular formula is C8H14BNO3. The zero-order valence-corrected chi connectivity index (χ0v) is 8.14. The summed E-state index contributed by atoms with van der Waals surface area (Å²) in [6.45, 7) is 0. The van der Waals surface area contributed by atoms with Crippen molar-refractivity contribution >= 4 is 7.32 Å². The molecule has 4 nitrogen and oxygen atoms in total. The van der Waals surface area contributed by atoms with Crippen LogP contribution >= 0.6 is 0 Å². The normalized spacial score (nSPS) is 8.54.